The number of benzene rings is 1. The van der Waals surface area contributed by atoms with E-state index in [0.29, 0.717) is 32.1 Å². The first kappa shape index (κ1) is 27.4. The van der Waals surface area contributed by atoms with Gasteiger partial charge in [0.05, 0.1) is 19.3 Å². The van der Waals surface area contributed by atoms with Crippen molar-refractivity contribution in [1.29, 1.82) is 0 Å². The molecule has 5 atom stereocenters. The number of hydrogen-bond donors (Lipinski definition) is 2. The maximum Gasteiger partial charge on any atom is 0.326 e. The molecule has 2 N–H and O–H groups in total. The summed E-state index contributed by atoms with van der Waals surface area (Å²) >= 11 is 0. The van der Waals surface area contributed by atoms with Gasteiger partial charge in [-0.2, -0.15) is 0 Å². The molecule has 5 unspecified atom stereocenters. The highest BCUT2D eigenvalue weighted by atomic mass is 16.9. The zero-order chi connectivity index (χ0) is 26.1. The van der Waals surface area contributed by atoms with E-state index in [1.54, 1.807) is 6.92 Å². The van der Waals surface area contributed by atoms with Crippen molar-refractivity contribution >= 4 is 17.8 Å². The van der Waals surface area contributed by atoms with Crippen LogP contribution < -0.4 is 5.32 Å². The SMILES string of the molecule is CC(NC(CCc1ccccc1)C(=O)OCCCCO[N+](=O)[O-])C(=O)N1C(C(=O)O)CC2CCCC21. The average molecular weight is 506 g/mol. The highest BCUT2D eigenvalue weighted by Crippen LogP contribution is 2.41. The Morgan fingerprint density at radius 2 is 1.92 bits per heavy atom. The van der Waals surface area contributed by atoms with E-state index in [4.69, 9.17) is 4.74 Å². The van der Waals surface area contributed by atoms with Crippen molar-refractivity contribution in [3.8, 4) is 0 Å². The number of carboxylic acid groups (broad SMARTS) is 1. The molecule has 2 fully saturated rings. The van der Waals surface area contributed by atoms with Crippen LogP contribution in [0.5, 0.6) is 0 Å². The molecule has 1 aliphatic carbocycles. The van der Waals surface area contributed by atoms with Crippen LogP contribution in [0, 0.1) is 16.0 Å². The third-order valence-electron chi connectivity index (χ3n) is 7.03. The first-order valence-electron chi connectivity index (χ1n) is 12.6. The van der Waals surface area contributed by atoms with Gasteiger partial charge in [0.15, 0.2) is 0 Å². The van der Waals surface area contributed by atoms with Crippen molar-refractivity contribution in [2.24, 2.45) is 5.92 Å². The minimum atomic E-state index is -0.994. The number of fused-ring (bicyclic) bond motifs is 1. The van der Waals surface area contributed by atoms with Gasteiger partial charge < -0.3 is 19.6 Å². The first-order valence-corrected chi connectivity index (χ1v) is 12.6. The van der Waals surface area contributed by atoms with Gasteiger partial charge in [-0.05, 0) is 63.4 Å². The molecule has 1 heterocycles. The lowest BCUT2D eigenvalue weighted by Gasteiger charge is -2.32. The van der Waals surface area contributed by atoms with Gasteiger partial charge in [-0.25, -0.2) is 4.79 Å². The predicted molar refractivity (Wildman–Crippen MR) is 128 cm³/mol. The lowest BCUT2D eigenvalue weighted by atomic mass is 10.0. The smallest absolute Gasteiger partial charge is 0.326 e. The first-order chi connectivity index (χ1) is 17.3. The Hall–Kier alpha value is -3.21. The predicted octanol–water partition coefficient (Wildman–Crippen LogP) is 2.35. The Bertz CT molecular complexity index is 912. The van der Waals surface area contributed by atoms with Crippen LogP contribution in [0.4, 0.5) is 0 Å². The minimum Gasteiger partial charge on any atom is -0.480 e. The van der Waals surface area contributed by atoms with Crippen molar-refractivity contribution in [2.75, 3.05) is 13.2 Å². The maximum atomic E-state index is 13.4. The van der Waals surface area contributed by atoms with Gasteiger partial charge in [-0.1, -0.05) is 36.8 Å². The molecule has 2 aliphatic rings. The largest absolute Gasteiger partial charge is 0.480 e. The zero-order valence-corrected chi connectivity index (χ0v) is 20.5. The Morgan fingerprint density at radius 1 is 1.19 bits per heavy atom. The summed E-state index contributed by atoms with van der Waals surface area (Å²) in [6.45, 7) is 1.65. The lowest BCUT2D eigenvalue weighted by molar-refractivity contribution is -0.757. The summed E-state index contributed by atoms with van der Waals surface area (Å²) in [7, 11) is 0. The van der Waals surface area contributed by atoms with Crippen molar-refractivity contribution in [3.63, 3.8) is 0 Å². The number of carboxylic acids is 1. The van der Waals surface area contributed by atoms with E-state index in [1.165, 1.54) is 4.90 Å². The van der Waals surface area contributed by atoms with Gasteiger partial charge in [0.25, 0.3) is 5.09 Å². The van der Waals surface area contributed by atoms with Crippen LogP contribution in [0.15, 0.2) is 30.3 Å². The second kappa shape index (κ2) is 13.2. The van der Waals surface area contributed by atoms with Crippen molar-refractivity contribution in [3.05, 3.63) is 46.0 Å². The third-order valence-corrected chi connectivity index (χ3v) is 7.03. The number of carbonyl (C=O) groups excluding carboxylic acids is 2. The van der Waals surface area contributed by atoms with E-state index in [0.717, 1.165) is 24.8 Å². The van der Waals surface area contributed by atoms with Gasteiger partial charge in [0.2, 0.25) is 5.91 Å². The molecule has 198 valence electrons. The monoisotopic (exact) mass is 505 g/mol. The summed E-state index contributed by atoms with van der Waals surface area (Å²) in [5.41, 5.74) is 1.03. The molecule has 0 spiro atoms. The van der Waals surface area contributed by atoms with E-state index in [1.807, 2.05) is 30.3 Å². The number of amides is 1. The summed E-state index contributed by atoms with van der Waals surface area (Å²) in [6, 6.07) is 7.17. The topological polar surface area (TPSA) is 148 Å². The second-order valence-electron chi connectivity index (χ2n) is 9.49. The molecule has 1 aliphatic heterocycles. The van der Waals surface area contributed by atoms with Gasteiger partial charge in [0.1, 0.15) is 12.1 Å². The normalized spacial score (nSPS) is 22.5. The maximum absolute atomic E-state index is 13.4. The number of rotatable bonds is 14. The second-order valence-corrected chi connectivity index (χ2v) is 9.49. The summed E-state index contributed by atoms with van der Waals surface area (Å²) < 4.78 is 5.39. The Morgan fingerprint density at radius 3 is 2.61 bits per heavy atom. The van der Waals surface area contributed by atoms with E-state index in [-0.39, 0.29) is 31.1 Å². The van der Waals surface area contributed by atoms with E-state index < -0.39 is 35.2 Å². The highest BCUT2D eigenvalue weighted by molar-refractivity contribution is 5.88. The molecule has 0 radical (unpaired) electrons. The highest BCUT2D eigenvalue weighted by Gasteiger charge is 2.49. The fraction of sp³-hybridized carbons (Fsp3) is 0.640. The number of esters is 1. The Labute approximate surface area is 210 Å². The number of aryl methyl sites for hydroxylation is 1. The Kier molecular flexibility index (Phi) is 10.0. The van der Waals surface area contributed by atoms with Crippen LogP contribution in [0.2, 0.25) is 0 Å². The fourth-order valence-corrected chi connectivity index (χ4v) is 5.26. The van der Waals surface area contributed by atoms with E-state index in [9.17, 15) is 29.6 Å². The number of unbranched alkanes of at least 4 members (excludes halogenated alkanes) is 1. The molecular formula is C25H35N3O8. The number of ether oxygens (including phenoxy) is 1. The Balaban J connectivity index is 1.61. The summed E-state index contributed by atoms with van der Waals surface area (Å²) in [5, 5.41) is 22.2. The number of nitrogens with one attached hydrogen (secondary N) is 1. The molecule has 0 aromatic heterocycles. The summed E-state index contributed by atoms with van der Waals surface area (Å²) in [6.07, 6.45) is 4.90. The van der Waals surface area contributed by atoms with Gasteiger partial charge in [-0.3, -0.25) is 14.9 Å². The quantitative estimate of drug-likeness (QED) is 0.168. The van der Waals surface area contributed by atoms with Crippen molar-refractivity contribution < 1.29 is 34.2 Å². The third kappa shape index (κ3) is 7.39. The molecule has 1 saturated carbocycles. The lowest BCUT2D eigenvalue weighted by Crippen LogP contribution is -2.55. The molecule has 11 nitrogen and oxygen atoms in total. The minimum absolute atomic E-state index is 0.0704. The van der Waals surface area contributed by atoms with Crippen LogP contribution in [0.25, 0.3) is 0 Å². The van der Waals surface area contributed by atoms with Crippen molar-refractivity contribution in [1.82, 2.24) is 10.2 Å². The molecule has 0 bridgehead atoms. The van der Waals surface area contributed by atoms with Crippen molar-refractivity contribution in [2.45, 2.75) is 82.5 Å². The summed E-state index contributed by atoms with van der Waals surface area (Å²) in [4.78, 5) is 54.1. The van der Waals surface area contributed by atoms with Gasteiger partial charge in [0, 0.05) is 6.04 Å². The van der Waals surface area contributed by atoms with E-state index >= 15 is 0 Å². The van der Waals surface area contributed by atoms with E-state index in [2.05, 4.69) is 10.2 Å². The van der Waals surface area contributed by atoms with Crippen LogP contribution in [0.3, 0.4) is 0 Å². The van der Waals surface area contributed by atoms with Gasteiger partial charge >= 0.3 is 11.9 Å². The number of nitrogens with zero attached hydrogens (tertiary/aromatic N) is 2. The summed E-state index contributed by atoms with van der Waals surface area (Å²) in [5.74, 6) is -1.62. The molecule has 36 heavy (non-hydrogen) atoms. The van der Waals surface area contributed by atoms with Gasteiger partial charge in [-0.15, -0.1) is 10.1 Å². The van der Waals surface area contributed by atoms with Crippen LogP contribution in [-0.2, 0) is 30.4 Å². The van der Waals surface area contributed by atoms with Crippen LogP contribution in [-0.4, -0.2) is 70.3 Å². The standard InChI is InChI=1S/C25H35N3O8/c1-17(23(29)27-21-11-7-10-19(21)16-22(27)24(30)31)26-20(13-12-18-8-3-2-4-9-18)25(32)35-14-5-6-15-36-28(33)34/h2-4,8-9,17,19-22,26H,5-7,10-16H2,1H3,(H,30,31). The number of carbonyl (C=O) groups is 3. The van der Waals surface area contributed by atoms with Crippen LogP contribution >= 0.6 is 0 Å². The number of aliphatic carboxylic acids is 1. The zero-order valence-electron chi connectivity index (χ0n) is 20.5. The number of likely N-dealkylation sites (tertiary alicyclic amines) is 1. The average Bonchev–Trinajstić information content (AvgIpc) is 3.45. The molecule has 1 aromatic rings. The molecule has 3 rings (SSSR count). The number of hydrogen-bond acceptors (Lipinski definition) is 8. The fourth-order valence-electron chi connectivity index (χ4n) is 5.26. The van der Waals surface area contributed by atoms with Crippen LogP contribution in [0.1, 0.15) is 57.4 Å². The molecule has 1 amide bonds. The molecular weight excluding hydrogens is 470 g/mol. The molecule has 1 aromatic carbocycles. The molecule has 1 saturated heterocycles. The molecule has 11 heteroatoms.